The van der Waals surface area contributed by atoms with E-state index in [9.17, 15) is 9.90 Å². The highest BCUT2D eigenvalue weighted by molar-refractivity contribution is 5.75. The molecule has 0 aliphatic carbocycles. The van der Waals surface area contributed by atoms with E-state index >= 15 is 0 Å². The maximum absolute atomic E-state index is 11.1. The second-order valence-electron chi connectivity index (χ2n) is 5.45. The normalized spacial score (nSPS) is 11.8. The second kappa shape index (κ2) is 9.70. The average molecular weight is 328 g/mol. The fourth-order valence-corrected chi connectivity index (χ4v) is 2.15. The third-order valence-electron chi connectivity index (χ3n) is 3.54. The number of nitrogens with one attached hydrogen (secondary N) is 2. The van der Waals surface area contributed by atoms with Gasteiger partial charge in [-0.1, -0.05) is 49.4 Å². The van der Waals surface area contributed by atoms with E-state index in [0.717, 1.165) is 23.3 Å². The Morgan fingerprint density at radius 2 is 1.79 bits per heavy atom. The van der Waals surface area contributed by atoms with Gasteiger partial charge in [0.2, 0.25) is 5.91 Å². The molecular formula is C19H24N2O3. The average Bonchev–Trinajstić information content (AvgIpc) is 2.62. The van der Waals surface area contributed by atoms with Crippen LogP contribution >= 0.6 is 0 Å². The Kier molecular flexibility index (Phi) is 7.26. The first-order valence-electron chi connectivity index (χ1n) is 8.14. The summed E-state index contributed by atoms with van der Waals surface area (Å²) in [5.41, 5.74) is 2.26. The van der Waals surface area contributed by atoms with Crippen molar-refractivity contribution in [2.45, 2.75) is 32.7 Å². The summed E-state index contributed by atoms with van der Waals surface area (Å²) < 4.78 is 5.74. The van der Waals surface area contributed by atoms with Gasteiger partial charge < -0.3 is 15.2 Å². The molecule has 2 aromatic rings. The molecule has 3 N–H and O–H groups in total. The number of carbonyl (C=O) groups excluding carboxylic acids is 1. The zero-order valence-electron chi connectivity index (χ0n) is 13.9. The van der Waals surface area contributed by atoms with Crippen LogP contribution in [-0.2, 0) is 17.8 Å². The highest BCUT2D eigenvalue weighted by atomic mass is 16.5. The Morgan fingerprint density at radius 3 is 2.46 bits per heavy atom. The van der Waals surface area contributed by atoms with Gasteiger partial charge in [-0.05, 0) is 29.7 Å². The number of rotatable bonds is 9. The number of aliphatic hydroxyl groups is 1. The monoisotopic (exact) mass is 328 g/mol. The number of amides is 1. The zero-order chi connectivity index (χ0) is 17.2. The minimum Gasteiger partial charge on any atom is -0.489 e. The van der Waals surface area contributed by atoms with Crippen LogP contribution in [0.5, 0.6) is 5.75 Å². The summed E-state index contributed by atoms with van der Waals surface area (Å²) in [6.07, 6.45) is 0.0900. The summed E-state index contributed by atoms with van der Waals surface area (Å²) in [4.78, 5) is 11.1. The lowest BCUT2D eigenvalue weighted by molar-refractivity contribution is -0.124. The molecule has 0 aliphatic rings. The molecule has 1 atom stereocenters. The van der Waals surface area contributed by atoms with Crippen molar-refractivity contribution < 1.29 is 14.6 Å². The second-order valence-corrected chi connectivity index (χ2v) is 5.45. The van der Waals surface area contributed by atoms with Crippen LogP contribution in [-0.4, -0.2) is 23.9 Å². The fraction of sp³-hybridized carbons (Fsp3) is 0.316. The van der Waals surface area contributed by atoms with Crippen LogP contribution in [0.3, 0.4) is 0 Å². The first-order chi connectivity index (χ1) is 11.7. The first kappa shape index (κ1) is 18.0. The molecule has 0 aromatic heterocycles. The van der Waals surface area contributed by atoms with Gasteiger partial charge >= 0.3 is 0 Å². The van der Waals surface area contributed by atoms with E-state index in [1.165, 1.54) is 0 Å². The predicted octanol–water partition coefficient (Wildman–Crippen LogP) is 2.20. The van der Waals surface area contributed by atoms with Crippen molar-refractivity contribution in [3.05, 3.63) is 65.7 Å². The van der Waals surface area contributed by atoms with E-state index in [1.807, 2.05) is 54.6 Å². The summed E-state index contributed by atoms with van der Waals surface area (Å²) in [5, 5.41) is 14.9. The summed E-state index contributed by atoms with van der Waals surface area (Å²) in [6.45, 7) is 2.85. The number of aliphatic hydroxyl groups excluding tert-OH is 1. The predicted molar refractivity (Wildman–Crippen MR) is 93.4 cm³/mol. The topological polar surface area (TPSA) is 70.6 Å². The van der Waals surface area contributed by atoms with Crippen LogP contribution in [0.1, 0.15) is 24.5 Å². The van der Waals surface area contributed by atoms with Crippen LogP contribution in [0.2, 0.25) is 0 Å². The van der Waals surface area contributed by atoms with Crippen molar-refractivity contribution >= 4 is 5.91 Å². The third-order valence-corrected chi connectivity index (χ3v) is 3.54. The lowest BCUT2D eigenvalue weighted by atomic mass is 10.1. The Hall–Kier alpha value is -2.37. The summed E-state index contributed by atoms with van der Waals surface area (Å²) >= 11 is 0. The smallest absolute Gasteiger partial charge is 0.222 e. The summed E-state index contributed by atoms with van der Waals surface area (Å²) in [7, 11) is 0. The molecule has 5 heteroatoms. The standard InChI is InChI=1S/C19H24N2O3/c1-2-18(22)21-19(23)20-13-12-15-8-10-17(11-9-15)24-14-16-6-4-3-5-7-16/h3-11,19-20,23H,2,12-14H2,1H3,(H,21,22)/t19-/m1/s1. The summed E-state index contributed by atoms with van der Waals surface area (Å²) in [5.74, 6) is 0.640. The van der Waals surface area contributed by atoms with Gasteiger partial charge in [0.15, 0.2) is 6.35 Å². The molecule has 0 fully saturated rings. The van der Waals surface area contributed by atoms with Gasteiger partial charge in [0.1, 0.15) is 12.4 Å². The van der Waals surface area contributed by atoms with E-state index in [4.69, 9.17) is 4.74 Å². The van der Waals surface area contributed by atoms with Gasteiger partial charge in [0.25, 0.3) is 0 Å². The number of benzene rings is 2. The number of hydrogen-bond donors (Lipinski definition) is 3. The molecule has 0 bridgehead atoms. The maximum Gasteiger partial charge on any atom is 0.222 e. The van der Waals surface area contributed by atoms with Crippen molar-refractivity contribution in [2.24, 2.45) is 0 Å². The number of carbonyl (C=O) groups is 1. The molecule has 0 spiro atoms. The molecule has 2 aromatic carbocycles. The minimum absolute atomic E-state index is 0.185. The largest absolute Gasteiger partial charge is 0.489 e. The SMILES string of the molecule is CCC(=O)N[C@H](O)NCCc1ccc(OCc2ccccc2)cc1. The number of hydrogen-bond acceptors (Lipinski definition) is 4. The van der Waals surface area contributed by atoms with Crippen LogP contribution in [0.25, 0.3) is 0 Å². The van der Waals surface area contributed by atoms with Crippen LogP contribution in [0.15, 0.2) is 54.6 Å². The molecule has 0 aliphatic heterocycles. The highest BCUT2D eigenvalue weighted by Gasteiger charge is 2.05. The van der Waals surface area contributed by atoms with E-state index in [2.05, 4.69) is 10.6 Å². The van der Waals surface area contributed by atoms with Gasteiger partial charge in [-0.15, -0.1) is 0 Å². The van der Waals surface area contributed by atoms with Crippen LogP contribution in [0.4, 0.5) is 0 Å². The van der Waals surface area contributed by atoms with E-state index in [-0.39, 0.29) is 5.91 Å². The lowest BCUT2D eigenvalue weighted by Crippen LogP contribution is -2.45. The highest BCUT2D eigenvalue weighted by Crippen LogP contribution is 2.14. The molecule has 24 heavy (non-hydrogen) atoms. The number of ether oxygens (including phenoxy) is 1. The Morgan fingerprint density at radius 1 is 1.08 bits per heavy atom. The zero-order valence-corrected chi connectivity index (χ0v) is 13.9. The van der Waals surface area contributed by atoms with Gasteiger partial charge in [-0.2, -0.15) is 0 Å². The van der Waals surface area contributed by atoms with Gasteiger partial charge in [-0.25, -0.2) is 0 Å². The molecule has 0 saturated heterocycles. The molecule has 128 valence electrons. The molecule has 0 unspecified atom stereocenters. The van der Waals surface area contributed by atoms with E-state index in [0.29, 0.717) is 19.6 Å². The lowest BCUT2D eigenvalue weighted by Gasteiger charge is -2.14. The molecule has 2 rings (SSSR count). The maximum atomic E-state index is 11.1. The van der Waals surface area contributed by atoms with E-state index < -0.39 is 6.35 Å². The molecule has 0 heterocycles. The molecule has 1 amide bonds. The van der Waals surface area contributed by atoms with Crippen molar-refractivity contribution in [1.82, 2.24) is 10.6 Å². The van der Waals surface area contributed by atoms with Gasteiger partial charge in [0.05, 0.1) is 0 Å². The fourth-order valence-electron chi connectivity index (χ4n) is 2.15. The first-order valence-corrected chi connectivity index (χ1v) is 8.14. The minimum atomic E-state index is -1.01. The van der Waals surface area contributed by atoms with Crippen molar-refractivity contribution in [3.8, 4) is 5.75 Å². The molecule has 0 saturated carbocycles. The van der Waals surface area contributed by atoms with Gasteiger partial charge in [0, 0.05) is 13.0 Å². The van der Waals surface area contributed by atoms with Gasteiger partial charge in [-0.3, -0.25) is 10.1 Å². The summed E-state index contributed by atoms with van der Waals surface area (Å²) in [6, 6.07) is 17.9. The van der Waals surface area contributed by atoms with Crippen LogP contribution in [0, 0.1) is 0 Å². The van der Waals surface area contributed by atoms with Crippen molar-refractivity contribution in [3.63, 3.8) is 0 Å². The van der Waals surface area contributed by atoms with Crippen molar-refractivity contribution in [2.75, 3.05) is 6.54 Å². The van der Waals surface area contributed by atoms with Crippen molar-refractivity contribution in [1.29, 1.82) is 0 Å². The quantitative estimate of drug-likeness (QED) is 0.617. The molecular weight excluding hydrogens is 304 g/mol. The van der Waals surface area contributed by atoms with E-state index in [1.54, 1.807) is 6.92 Å². The third kappa shape index (κ3) is 6.40. The Bertz CT molecular complexity index is 614. The Labute approximate surface area is 142 Å². The van der Waals surface area contributed by atoms with Crippen LogP contribution < -0.4 is 15.4 Å². The molecule has 0 radical (unpaired) electrons. The Balaban J connectivity index is 1.71. The molecule has 5 nitrogen and oxygen atoms in total.